The molecule has 2 rings (SSSR count). The van der Waals surface area contributed by atoms with E-state index in [1.807, 2.05) is 13.1 Å². The Balaban J connectivity index is 2.20. The average molecular weight is 276 g/mol. The summed E-state index contributed by atoms with van der Waals surface area (Å²) >= 11 is 0. The van der Waals surface area contributed by atoms with Crippen molar-refractivity contribution in [1.29, 1.82) is 5.26 Å². The van der Waals surface area contributed by atoms with Gasteiger partial charge < -0.3 is 15.0 Å². The van der Waals surface area contributed by atoms with E-state index in [1.54, 1.807) is 12.1 Å². The number of nitriles is 1. The van der Waals surface area contributed by atoms with Gasteiger partial charge in [0.25, 0.3) is 5.69 Å². The lowest BCUT2D eigenvalue weighted by Crippen LogP contribution is -2.46. The minimum absolute atomic E-state index is 0.0782. The van der Waals surface area contributed by atoms with E-state index in [9.17, 15) is 10.1 Å². The molecule has 1 heterocycles. The number of morpholine rings is 1. The molecule has 7 heteroatoms. The molecule has 0 amide bonds. The molecule has 1 atom stereocenters. The van der Waals surface area contributed by atoms with Crippen LogP contribution in [0.4, 0.5) is 11.4 Å². The van der Waals surface area contributed by atoms with Crippen molar-refractivity contribution < 1.29 is 9.66 Å². The van der Waals surface area contributed by atoms with Crippen LogP contribution in [0.1, 0.15) is 5.56 Å². The number of ether oxygens (including phenoxy) is 1. The number of nitro groups is 1. The lowest BCUT2D eigenvalue weighted by molar-refractivity contribution is -0.385. The maximum Gasteiger partial charge on any atom is 0.287 e. The summed E-state index contributed by atoms with van der Waals surface area (Å²) in [6.45, 7) is 2.76. The van der Waals surface area contributed by atoms with Gasteiger partial charge in [0.15, 0.2) is 0 Å². The van der Waals surface area contributed by atoms with Gasteiger partial charge in [-0.2, -0.15) is 5.26 Å². The van der Waals surface area contributed by atoms with Gasteiger partial charge in [-0.1, -0.05) is 0 Å². The molecule has 1 aromatic carbocycles. The van der Waals surface area contributed by atoms with Crippen LogP contribution in [0, 0.1) is 21.4 Å². The lowest BCUT2D eigenvalue weighted by atomic mass is 10.1. The van der Waals surface area contributed by atoms with Crippen molar-refractivity contribution in [3.05, 3.63) is 33.9 Å². The van der Waals surface area contributed by atoms with Gasteiger partial charge in [0.1, 0.15) is 11.6 Å². The third-order valence-corrected chi connectivity index (χ3v) is 3.23. The molecule has 106 valence electrons. The maximum absolute atomic E-state index is 10.8. The van der Waals surface area contributed by atoms with Crippen molar-refractivity contribution in [2.45, 2.75) is 6.10 Å². The second kappa shape index (κ2) is 6.32. The molecule has 1 unspecified atom stereocenters. The number of anilines is 1. The van der Waals surface area contributed by atoms with Crippen LogP contribution in [0.2, 0.25) is 0 Å². The number of nitro benzene ring substituents is 1. The lowest BCUT2D eigenvalue weighted by Gasteiger charge is -2.34. The topological polar surface area (TPSA) is 91.4 Å². The van der Waals surface area contributed by atoms with Gasteiger partial charge in [-0.3, -0.25) is 10.1 Å². The van der Waals surface area contributed by atoms with Crippen LogP contribution in [0.15, 0.2) is 18.2 Å². The van der Waals surface area contributed by atoms with E-state index in [4.69, 9.17) is 10.00 Å². The van der Waals surface area contributed by atoms with E-state index in [0.717, 1.165) is 12.2 Å². The summed E-state index contributed by atoms with van der Waals surface area (Å²) in [6, 6.07) is 6.52. The zero-order chi connectivity index (χ0) is 14.5. The summed E-state index contributed by atoms with van der Waals surface area (Å²) in [5.41, 5.74) is 0.747. The van der Waals surface area contributed by atoms with Crippen molar-refractivity contribution in [3.8, 4) is 6.07 Å². The normalized spacial score (nSPS) is 18.6. The van der Waals surface area contributed by atoms with Crippen molar-refractivity contribution in [1.82, 2.24) is 5.32 Å². The molecule has 0 radical (unpaired) electrons. The van der Waals surface area contributed by atoms with Crippen LogP contribution in [0.3, 0.4) is 0 Å². The standard InChI is InChI=1S/C13H16N4O3/c1-15-8-12-9-16(4-5-20-12)11-2-3-13(17(18)19)10(6-11)7-14/h2-3,6,12,15H,4-5,8-9H2,1H3. The molecular weight excluding hydrogens is 260 g/mol. The quantitative estimate of drug-likeness (QED) is 0.648. The molecule has 0 spiro atoms. The van der Waals surface area contributed by atoms with E-state index >= 15 is 0 Å². The molecule has 1 aliphatic heterocycles. The highest BCUT2D eigenvalue weighted by molar-refractivity contribution is 5.60. The molecule has 0 aromatic heterocycles. The fraction of sp³-hybridized carbons (Fsp3) is 0.462. The van der Waals surface area contributed by atoms with Gasteiger partial charge in [-0.15, -0.1) is 0 Å². The van der Waals surface area contributed by atoms with Gasteiger partial charge in [0.05, 0.1) is 17.6 Å². The fourth-order valence-electron chi connectivity index (χ4n) is 2.27. The predicted octanol–water partition coefficient (Wildman–Crippen LogP) is 0.891. The first kappa shape index (κ1) is 14.2. The van der Waals surface area contributed by atoms with Crippen molar-refractivity contribution >= 4 is 11.4 Å². The van der Waals surface area contributed by atoms with Crippen LogP contribution >= 0.6 is 0 Å². The number of hydrogen-bond acceptors (Lipinski definition) is 6. The van der Waals surface area contributed by atoms with Gasteiger partial charge in [-0.25, -0.2) is 0 Å². The summed E-state index contributed by atoms with van der Waals surface area (Å²) in [6.07, 6.45) is 0.0782. The van der Waals surface area contributed by atoms with Crippen LogP contribution in [-0.2, 0) is 4.74 Å². The Morgan fingerprint density at radius 3 is 3.10 bits per heavy atom. The number of benzene rings is 1. The van der Waals surface area contributed by atoms with Crippen LogP contribution in [0.25, 0.3) is 0 Å². The number of rotatable bonds is 4. The van der Waals surface area contributed by atoms with Gasteiger partial charge >= 0.3 is 0 Å². The Morgan fingerprint density at radius 1 is 1.65 bits per heavy atom. The maximum atomic E-state index is 10.8. The Labute approximate surface area is 116 Å². The van der Waals surface area contributed by atoms with Crippen LogP contribution in [-0.4, -0.2) is 44.3 Å². The second-order valence-corrected chi connectivity index (χ2v) is 4.57. The molecule has 1 N–H and O–H groups in total. The Morgan fingerprint density at radius 2 is 2.45 bits per heavy atom. The van der Waals surface area contributed by atoms with E-state index in [1.165, 1.54) is 6.07 Å². The van der Waals surface area contributed by atoms with Crippen LogP contribution < -0.4 is 10.2 Å². The van der Waals surface area contributed by atoms with Crippen LogP contribution in [0.5, 0.6) is 0 Å². The monoisotopic (exact) mass is 276 g/mol. The number of nitrogens with zero attached hydrogens (tertiary/aromatic N) is 3. The number of nitrogens with one attached hydrogen (secondary N) is 1. The Bertz CT molecular complexity index is 539. The third kappa shape index (κ3) is 3.04. The molecule has 1 aromatic rings. The SMILES string of the molecule is CNCC1CN(c2ccc([N+](=O)[O-])c(C#N)c2)CCO1. The minimum atomic E-state index is -0.536. The molecule has 0 aliphatic carbocycles. The Hall–Kier alpha value is -2.17. The number of likely N-dealkylation sites (N-methyl/N-ethyl adjacent to an activating group) is 1. The smallest absolute Gasteiger partial charge is 0.287 e. The van der Waals surface area contributed by atoms with Crippen molar-refractivity contribution in [2.75, 3.05) is 38.2 Å². The summed E-state index contributed by atoms with van der Waals surface area (Å²) in [4.78, 5) is 12.4. The first-order chi connectivity index (χ1) is 9.65. The highest BCUT2D eigenvalue weighted by Crippen LogP contribution is 2.25. The molecule has 1 saturated heterocycles. The van der Waals surface area contributed by atoms with Crippen molar-refractivity contribution in [2.24, 2.45) is 0 Å². The first-order valence-electron chi connectivity index (χ1n) is 6.35. The largest absolute Gasteiger partial charge is 0.373 e. The summed E-state index contributed by atoms with van der Waals surface area (Å²) < 4.78 is 5.61. The molecule has 20 heavy (non-hydrogen) atoms. The molecular formula is C13H16N4O3. The molecule has 1 fully saturated rings. The molecule has 0 saturated carbocycles. The van der Waals surface area contributed by atoms with E-state index in [2.05, 4.69) is 10.2 Å². The van der Waals surface area contributed by atoms with Crippen molar-refractivity contribution in [3.63, 3.8) is 0 Å². The van der Waals surface area contributed by atoms with Gasteiger partial charge in [0.2, 0.25) is 0 Å². The first-order valence-corrected chi connectivity index (χ1v) is 6.35. The van der Waals surface area contributed by atoms with E-state index in [0.29, 0.717) is 19.7 Å². The second-order valence-electron chi connectivity index (χ2n) is 4.57. The number of hydrogen-bond donors (Lipinski definition) is 1. The molecule has 1 aliphatic rings. The predicted molar refractivity (Wildman–Crippen MR) is 73.7 cm³/mol. The summed E-state index contributed by atoms with van der Waals surface area (Å²) in [5, 5.41) is 22.9. The zero-order valence-corrected chi connectivity index (χ0v) is 11.2. The molecule has 7 nitrogen and oxygen atoms in total. The summed E-state index contributed by atoms with van der Waals surface area (Å²) in [7, 11) is 1.86. The van der Waals surface area contributed by atoms with E-state index < -0.39 is 4.92 Å². The Kier molecular flexibility index (Phi) is 4.50. The van der Waals surface area contributed by atoms with E-state index in [-0.39, 0.29) is 17.4 Å². The van der Waals surface area contributed by atoms with Gasteiger partial charge in [-0.05, 0) is 19.2 Å². The highest BCUT2D eigenvalue weighted by Gasteiger charge is 2.22. The fourth-order valence-corrected chi connectivity index (χ4v) is 2.27. The molecule has 0 bridgehead atoms. The average Bonchev–Trinajstić information content (AvgIpc) is 2.47. The third-order valence-electron chi connectivity index (χ3n) is 3.23. The van der Waals surface area contributed by atoms with Gasteiger partial charge in [0, 0.05) is 31.4 Å². The minimum Gasteiger partial charge on any atom is -0.373 e. The highest BCUT2D eigenvalue weighted by atomic mass is 16.6. The zero-order valence-electron chi connectivity index (χ0n) is 11.2. The summed E-state index contributed by atoms with van der Waals surface area (Å²) in [5.74, 6) is 0.